The van der Waals surface area contributed by atoms with Crippen LogP contribution in [-0.2, 0) is 16.3 Å². The molecule has 4 rings (SSSR count). The lowest BCUT2D eigenvalue weighted by molar-refractivity contribution is 0.187. The molecule has 0 bridgehead atoms. The fourth-order valence-corrected chi connectivity index (χ4v) is 4.68. The summed E-state index contributed by atoms with van der Waals surface area (Å²) in [5.74, 6) is 0.672. The van der Waals surface area contributed by atoms with Crippen molar-refractivity contribution in [3.05, 3.63) is 54.4 Å². The van der Waals surface area contributed by atoms with Crippen LogP contribution in [0.1, 0.15) is 18.4 Å². The van der Waals surface area contributed by atoms with Gasteiger partial charge in [0.2, 0.25) is 12.7 Å². The standard InChI is InChI=1S/C19H18FN3O3S/c20-12-26-19-18-16(6-8-23-19)17(7-9-22-18)25-11-13-2-1-3-15(10-13)27(21,24)14-4-5-14/h1-3,6-10,14,21H,4-5,11-12H2/t27-/m1/s1. The molecule has 2 aromatic heterocycles. The van der Waals surface area contributed by atoms with Crippen molar-refractivity contribution < 1.29 is 18.1 Å². The van der Waals surface area contributed by atoms with Crippen LogP contribution in [0, 0.1) is 4.78 Å². The molecule has 1 fully saturated rings. The second kappa shape index (κ2) is 7.11. The zero-order chi connectivity index (χ0) is 18.9. The average Bonchev–Trinajstić information content (AvgIpc) is 3.53. The molecule has 0 aliphatic heterocycles. The second-order valence-corrected chi connectivity index (χ2v) is 8.65. The summed E-state index contributed by atoms with van der Waals surface area (Å²) in [6.07, 6.45) is 4.75. The molecule has 0 saturated heterocycles. The lowest BCUT2D eigenvalue weighted by atomic mass is 10.2. The Morgan fingerprint density at radius 3 is 2.74 bits per heavy atom. The van der Waals surface area contributed by atoms with Gasteiger partial charge >= 0.3 is 0 Å². The van der Waals surface area contributed by atoms with Crippen molar-refractivity contribution in [3.63, 3.8) is 0 Å². The van der Waals surface area contributed by atoms with E-state index in [4.69, 9.17) is 14.3 Å². The van der Waals surface area contributed by atoms with Crippen molar-refractivity contribution in [2.45, 2.75) is 29.6 Å². The third kappa shape index (κ3) is 3.57. The van der Waals surface area contributed by atoms with E-state index >= 15 is 0 Å². The third-order valence-electron chi connectivity index (χ3n) is 4.41. The molecular weight excluding hydrogens is 369 g/mol. The van der Waals surface area contributed by atoms with Gasteiger partial charge in [-0.3, -0.25) is 4.98 Å². The van der Waals surface area contributed by atoms with E-state index in [1.807, 2.05) is 6.07 Å². The predicted octanol–water partition coefficient (Wildman–Crippen LogP) is 4.08. The molecule has 0 amide bonds. The van der Waals surface area contributed by atoms with E-state index in [-0.39, 0.29) is 17.7 Å². The number of hydrogen-bond acceptors (Lipinski definition) is 6. The van der Waals surface area contributed by atoms with Gasteiger partial charge < -0.3 is 9.47 Å². The molecule has 6 nitrogen and oxygen atoms in total. The van der Waals surface area contributed by atoms with Crippen LogP contribution in [0.2, 0.25) is 0 Å². The van der Waals surface area contributed by atoms with Gasteiger partial charge in [0, 0.05) is 27.9 Å². The summed E-state index contributed by atoms with van der Waals surface area (Å²) in [4.78, 5) is 8.72. The highest BCUT2D eigenvalue weighted by atomic mass is 32.2. The number of hydrogen-bond donors (Lipinski definition) is 1. The van der Waals surface area contributed by atoms with Crippen molar-refractivity contribution in [3.8, 4) is 11.6 Å². The Balaban J connectivity index is 1.58. The number of nitrogens with one attached hydrogen (secondary N) is 1. The lowest BCUT2D eigenvalue weighted by Gasteiger charge is -2.12. The molecule has 2 heterocycles. The highest BCUT2D eigenvalue weighted by molar-refractivity contribution is 7.93. The monoisotopic (exact) mass is 387 g/mol. The summed E-state index contributed by atoms with van der Waals surface area (Å²) in [5.41, 5.74) is 1.25. The minimum absolute atomic E-state index is 0.0285. The first-order valence-electron chi connectivity index (χ1n) is 8.51. The first kappa shape index (κ1) is 17.7. The smallest absolute Gasteiger partial charge is 0.243 e. The quantitative estimate of drug-likeness (QED) is 0.660. The van der Waals surface area contributed by atoms with Gasteiger partial charge in [0.05, 0.1) is 9.73 Å². The minimum atomic E-state index is -2.74. The van der Waals surface area contributed by atoms with Crippen LogP contribution in [0.15, 0.2) is 53.7 Å². The van der Waals surface area contributed by atoms with E-state index in [0.29, 0.717) is 21.5 Å². The summed E-state index contributed by atoms with van der Waals surface area (Å²) in [7, 11) is -2.74. The molecule has 1 atom stereocenters. The summed E-state index contributed by atoms with van der Waals surface area (Å²) >= 11 is 0. The highest BCUT2D eigenvalue weighted by Crippen LogP contribution is 2.34. The van der Waals surface area contributed by atoms with Crippen LogP contribution in [0.4, 0.5) is 4.39 Å². The molecule has 140 valence electrons. The number of rotatable bonds is 7. The first-order valence-corrected chi connectivity index (χ1v) is 10.1. The van der Waals surface area contributed by atoms with Gasteiger partial charge in [-0.15, -0.1) is 0 Å². The molecule has 1 saturated carbocycles. The zero-order valence-corrected chi connectivity index (χ0v) is 15.2. The average molecular weight is 387 g/mol. The van der Waals surface area contributed by atoms with Gasteiger partial charge in [-0.2, -0.15) is 0 Å². The van der Waals surface area contributed by atoms with E-state index in [2.05, 4.69) is 9.97 Å². The Bertz CT molecular complexity index is 1080. The fraction of sp³-hybridized carbons (Fsp3) is 0.263. The van der Waals surface area contributed by atoms with Crippen molar-refractivity contribution in [2.75, 3.05) is 6.86 Å². The Hall–Kier alpha value is -2.74. The highest BCUT2D eigenvalue weighted by Gasteiger charge is 2.33. The molecule has 1 aromatic carbocycles. The lowest BCUT2D eigenvalue weighted by Crippen LogP contribution is -2.06. The Kier molecular flexibility index (Phi) is 4.65. The van der Waals surface area contributed by atoms with E-state index in [9.17, 15) is 8.60 Å². The molecule has 0 unspecified atom stereocenters. The summed E-state index contributed by atoms with van der Waals surface area (Å²) in [5, 5.41) is 0.633. The molecular formula is C19H18FN3O3S. The fourth-order valence-electron chi connectivity index (χ4n) is 2.89. The van der Waals surface area contributed by atoms with Crippen LogP contribution in [0.25, 0.3) is 10.9 Å². The van der Waals surface area contributed by atoms with Gasteiger partial charge in [0.15, 0.2) is 0 Å². The number of ether oxygens (including phenoxy) is 2. The van der Waals surface area contributed by atoms with Gasteiger partial charge in [0.25, 0.3) is 0 Å². The van der Waals surface area contributed by atoms with Crippen molar-refractivity contribution in [2.24, 2.45) is 0 Å². The summed E-state index contributed by atoms with van der Waals surface area (Å²) in [6, 6.07) is 10.6. The normalized spacial score (nSPS) is 16.0. The number of halogens is 1. The predicted molar refractivity (Wildman–Crippen MR) is 99.1 cm³/mol. The maximum Gasteiger partial charge on any atom is 0.243 e. The van der Waals surface area contributed by atoms with Crippen molar-refractivity contribution in [1.29, 1.82) is 4.78 Å². The minimum Gasteiger partial charge on any atom is -0.488 e. The molecule has 1 aliphatic carbocycles. The van der Waals surface area contributed by atoms with Crippen LogP contribution in [-0.4, -0.2) is 26.3 Å². The number of nitrogens with zero attached hydrogens (tertiary/aromatic N) is 2. The largest absolute Gasteiger partial charge is 0.488 e. The molecule has 3 aromatic rings. The third-order valence-corrected chi connectivity index (χ3v) is 6.78. The summed E-state index contributed by atoms with van der Waals surface area (Å²) < 4.78 is 44.1. The Labute approximate surface area is 156 Å². The molecule has 1 aliphatic rings. The van der Waals surface area contributed by atoms with Crippen molar-refractivity contribution in [1.82, 2.24) is 9.97 Å². The van der Waals surface area contributed by atoms with Crippen LogP contribution in [0.5, 0.6) is 11.6 Å². The molecule has 0 spiro atoms. The van der Waals surface area contributed by atoms with E-state index in [1.54, 1.807) is 36.5 Å². The summed E-state index contributed by atoms with van der Waals surface area (Å²) in [6.45, 7) is -0.742. The van der Waals surface area contributed by atoms with Crippen LogP contribution >= 0.6 is 0 Å². The topological polar surface area (TPSA) is 85.2 Å². The van der Waals surface area contributed by atoms with Crippen LogP contribution < -0.4 is 9.47 Å². The van der Waals surface area contributed by atoms with E-state index < -0.39 is 16.6 Å². The number of pyridine rings is 2. The maximum absolute atomic E-state index is 12.6. The molecule has 8 heteroatoms. The van der Waals surface area contributed by atoms with E-state index in [0.717, 1.165) is 18.4 Å². The first-order chi connectivity index (χ1) is 13.1. The number of fused-ring (bicyclic) bond motifs is 1. The molecule has 27 heavy (non-hydrogen) atoms. The SMILES string of the molecule is N=[S@](=O)(c1cccc(COc2ccnc3c(OCF)nccc23)c1)C1CC1. The second-order valence-electron chi connectivity index (χ2n) is 6.31. The number of benzene rings is 1. The van der Waals surface area contributed by atoms with Gasteiger partial charge in [-0.1, -0.05) is 12.1 Å². The Morgan fingerprint density at radius 2 is 1.96 bits per heavy atom. The van der Waals surface area contributed by atoms with Crippen molar-refractivity contribution >= 4 is 20.6 Å². The molecule has 0 radical (unpaired) electrons. The zero-order valence-electron chi connectivity index (χ0n) is 14.4. The number of aromatic nitrogens is 2. The van der Waals surface area contributed by atoms with Gasteiger partial charge in [0.1, 0.15) is 17.9 Å². The van der Waals surface area contributed by atoms with Gasteiger partial charge in [-0.25, -0.2) is 18.4 Å². The number of alkyl halides is 1. The molecule has 1 N–H and O–H groups in total. The van der Waals surface area contributed by atoms with E-state index in [1.165, 1.54) is 6.20 Å². The van der Waals surface area contributed by atoms with Crippen LogP contribution in [0.3, 0.4) is 0 Å². The van der Waals surface area contributed by atoms with Gasteiger partial charge in [-0.05, 0) is 42.7 Å². The maximum atomic E-state index is 12.6. The Morgan fingerprint density at radius 1 is 1.15 bits per heavy atom.